The van der Waals surface area contributed by atoms with Crippen molar-refractivity contribution in [2.24, 2.45) is 0 Å². The van der Waals surface area contributed by atoms with Crippen molar-refractivity contribution in [3.63, 3.8) is 0 Å². The molecule has 4 aromatic carbocycles. The molecule has 0 spiro atoms. The number of fused-ring (bicyclic) bond motifs is 1. The van der Waals surface area contributed by atoms with Crippen molar-refractivity contribution in [2.45, 2.75) is 0 Å². The van der Waals surface area contributed by atoms with Crippen molar-refractivity contribution in [1.29, 1.82) is 0 Å². The number of para-hydroxylation sites is 2. The monoisotopic (exact) mass is 416 g/mol. The molecule has 0 amide bonds. The van der Waals surface area contributed by atoms with Crippen LogP contribution >= 0.6 is 0 Å². The molecule has 3 heteroatoms. The lowest BCUT2D eigenvalue weighted by Crippen LogP contribution is -2.00. The summed E-state index contributed by atoms with van der Waals surface area (Å²) in [5, 5.41) is 4.63. The number of nitrogens with zero attached hydrogens (tertiary/aromatic N) is 1. The summed E-state index contributed by atoms with van der Waals surface area (Å²) in [5.41, 5.74) is 6.54. The number of anilines is 2. The third-order valence-corrected chi connectivity index (χ3v) is 5.33. The summed E-state index contributed by atoms with van der Waals surface area (Å²) in [6.07, 6.45) is 4.16. The minimum Gasteiger partial charge on any atom is -0.354 e. The second-order valence-electron chi connectivity index (χ2n) is 7.51. The lowest BCUT2D eigenvalue weighted by molar-refractivity contribution is 0.628. The van der Waals surface area contributed by atoms with Crippen LogP contribution < -0.4 is 5.32 Å². The van der Waals surface area contributed by atoms with Crippen LogP contribution in [0.4, 0.5) is 15.8 Å². The van der Waals surface area contributed by atoms with Crippen molar-refractivity contribution in [3.8, 4) is 11.3 Å². The molecule has 0 fully saturated rings. The lowest BCUT2D eigenvalue weighted by Gasteiger charge is -2.17. The van der Waals surface area contributed by atoms with E-state index in [1.807, 2.05) is 66.7 Å². The van der Waals surface area contributed by atoms with E-state index in [4.69, 9.17) is 4.98 Å². The van der Waals surface area contributed by atoms with Gasteiger partial charge in [0.15, 0.2) is 0 Å². The van der Waals surface area contributed by atoms with Gasteiger partial charge < -0.3 is 5.32 Å². The van der Waals surface area contributed by atoms with Crippen LogP contribution in [-0.2, 0) is 0 Å². The highest BCUT2D eigenvalue weighted by Gasteiger charge is 2.15. The number of rotatable bonds is 5. The smallest absolute Gasteiger partial charge is 0.123 e. The van der Waals surface area contributed by atoms with E-state index in [9.17, 15) is 4.39 Å². The molecule has 5 rings (SSSR count). The van der Waals surface area contributed by atoms with Gasteiger partial charge in [-0.3, -0.25) is 0 Å². The zero-order valence-electron chi connectivity index (χ0n) is 17.4. The van der Waals surface area contributed by atoms with Gasteiger partial charge in [-0.1, -0.05) is 78.9 Å². The Bertz CT molecular complexity index is 1380. The number of pyridine rings is 1. The molecule has 1 aromatic heterocycles. The minimum absolute atomic E-state index is 0.265. The first-order valence-electron chi connectivity index (χ1n) is 10.5. The van der Waals surface area contributed by atoms with Crippen LogP contribution in [0.25, 0.3) is 34.3 Å². The van der Waals surface area contributed by atoms with E-state index in [0.717, 1.165) is 44.7 Å². The molecule has 5 aromatic rings. The zero-order valence-corrected chi connectivity index (χ0v) is 17.4. The lowest BCUT2D eigenvalue weighted by atomic mass is 9.99. The quantitative estimate of drug-likeness (QED) is 0.314. The van der Waals surface area contributed by atoms with E-state index in [2.05, 4.69) is 35.7 Å². The third kappa shape index (κ3) is 4.14. The molecule has 0 atom stereocenters. The summed E-state index contributed by atoms with van der Waals surface area (Å²) in [6, 6.07) is 34.8. The van der Waals surface area contributed by atoms with Gasteiger partial charge in [0.25, 0.3) is 0 Å². The molecule has 0 saturated carbocycles. The maximum atomic E-state index is 13.6. The number of hydrogen-bond acceptors (Lipinski definition) is 2. The van der Waals surface area contributed by atoms with Gasteiger partial charge in [-0.15, -0.1) is 0 Å². The summed E-state index contributed by atoms with van der Waals surface area (Å²) in [5.74, 6) is -0.265. The van der Waals surface area contributed by atoms with Gasteiger partial charge in [-0.05, 0) is 48.0 Å². The largest absolute Gasteiger partial charge is 0.354 e. The van der Waals surface area contributed by atoms with Crippen molar-refractivity contribution in [3.05, 3.63) is 126 Å². The zero-order chi connectivity index (χ0) is 21.8. The highest BCUT2D eigenvalue weighted by molar-refractivity contribution is 6.02. The summed E-state index contributed by atoms with van der Waals surface area (Å²) in [4.78, 5) is 4.98. The Morgan fingerprint density at radius 2 is 1.31 bits per heavy atom. The van der Waals surface area contributed by atoms with Crippen molar-refractivity contribution < 1.29 is 4.39 Å². The van der Waals surface area contributed by atoms with Gasteiger partial charge in [-0.25, -0.2) is 9.37 Å². The van der Waals surface area contributed by atoms with E-state index in [-0.39, 0.29) is 5.82 Å². The van der Waals surface area contributed by atoms with E-state index in [0.29, 0.717) is 0 Å². The Balaban J connectivity index is 1.76. The van der Waals surface area contributed by atoms with E-state index in [1.54, 1.807) is 12.1 Å². The highest BCUT2D eigenvalue weighted by Crippen LogP contribution is 2.37. The topological polar surface area (TPSA) is 24.9 Å². The molecule has 0 bridgehead atoms. The van der Waals surface area contributed by atoms with Crippen LogP contribution in [0.15, 0.2) is 109 Å². The fourth-order valence-corrected chi connectivity index (χ4v) is 3.76. The average molecular weight is 416 g/mol. The van der Waals surface area contributed by atoms with Crippen LogP contribution in [0.5, 0.6) is 0 Å². The van der Waals surface area contributed by atoms with Gasteiger partial charge in [0.05, 0.1) is 16.9 Å². The average Bonchev–Trinajstić information content (AvgIpc) is 2.85. The predicted molar refractivity (Wildman–Crippen MR) is 132 cm³/mol. The molecule has 32 heavy (non-hydrogen) atoms. The fourth-order valence-electron chi connectivity index (χ4n) is 3.76. The SMILES string of the molecule is Fc1ccc(-c2nc3ccccc3c(Nc3ccccc3)c2/C=C/c2ccccc2)cc1. The van der Waals surface area contributed by atoms with Crippen molar-refractivity contribution in [2.75, 3.05) is 5.32 Å². The molecule has 0 aliphatic heterocycles. The second kappa shape index (κ2) is 8.86. The van der Waals surface area contributed by atoms with Gasteiger partial charge >= 0.3 is 0 Å². The summed E-state index contributed by atoms with van der Waals surface area (Å²) < 4.78 is 13.6. The van der Waals surface area contributed by atoms with Gasteiger partial charge in [0.2, 0.25) is 0 Å². The first-order chi connectivity index (χ1) is 15.8. The Morgan fingerprint density at radius 1 is 0.656 bits per heavy atom. The number of halogens is 1. The van der Waals surface area contributed by atoms with Crippen LogP contribution in [0.3, 0.4) is 0 Å². The first kappa shape index (κ1) is 19.7. The Morgan fingerprint density at radius 3 is 2.06 bits per heavy atom. The highest BCUT2D eigenvalue weighted by atomic mass is 19.1. The molecule has 0 saturated heterocycles. The van der Waals surface area contributed by atoms with Crippen molar-refractivity contribution >= 4 is 34.4 Å². The molecule has 154 valence electrons. The normalized spacial score (nSPS) is 11.2. The van der Waals surface area contributed by atoms with E-state index >= 15 is 0 Å². The summed E-state index contributed by atoms with van der Waals surface area (Å²) in [7, 11) is 0. The maximum absolute atomic E-state index is 13.6. The number of nitrogens with one attached hydrogen (secondary N) is 1. The van der Waals surface area contributed by atoms with Crippen LogP contribution in [0, 0.1) is 5.82 Å². The summed E-state index contributed by atoms with van der Waals surface area (Å²) in [6.45, 7) is 0. The molecular formula is C29H21FN2. The maximum Gasteiger partial charge on any atom is 0.123 e. The van der Waals surface area contributed by atoms with Gasteiger partial charge in [-0.2, -0.15) is 0 Å². The second-order valence-corrected chi connectivity index (χ2v) is 7.51. The Hall–Kier alpha value is -4.24. The molecule has 2 nitrogen and oxygen atoms in total. The standard InChI is InChI=1S/C29H21FN2/c30-23-18-16-22(17-19-23)28-26(20-15-21-9-3-1-4-10-21)29(31-24-11-5-2-6-12-24)25-13-7-8-14-27(25)32-28/h1-20H,(H,31,32)/b20-15+. The molecule has 0 aliphatic carbocycles. The fraction of sp³-hybridized carbons (Fsp3) is 0. The molecule has 1 N–H and O–H groups in total. The first-order valence-corrected chi connectivity index (χ1v) is 10.5. The number of benzene rings is 4. The molecular weight excluding hydrogens is 395 g/mol. The molecule has 0 radical (unpaired) electrons. The molecule has 0 aliphatic rings. The number of aromatic nitrogens is 1. The molecule has 0 unspecified atom stereocenters. The third-order valence-electron chi connectivity index (χ3n) is 5.33. The Labute approximate surface area is 186 Å². The minimum atomic E-state index is -0.265. The van der Waals surface area contributed by atoms with Gasteiger partial charge in [0.1, 0.15) is 5.82 Å². The number of hydrogen-bond donors (Lipinski definition) is 1. The summed E-state index contributed by atoms with van der Waals surface area (Å²) >= 11 is 0. The Kier molecular flexibility index (Phi) is 5.46. The van der Waals surface area contributed by atoms with Crippen molar-refractivity contribution in [1.82, 2.24) is 4.98 Å². The van der Waals surface area contributed by atoms with Gasteiger partial charge in [0, 0.05) is 22.2 Å². The molecule has 1 heterocycles. The van der Waals surface area contributed by atoms with Crippen LogP contribution in [0.2, 0.25) is 0 Å². The van der Waals surface area contributed by atoms with E-state index < -0.39 is 0 Å². The predicted octanol–water partition coefficient (Wildman–Crippen LogP) is 7.95. The van der Waals surface area contributed by atoms with E-state index in [1.165, 1.54) is 12.1 Å². The van der Waals surface area contributed by atoms with Crippen LogP contribution in [-0.4, -0.2) is 4.98 Å². The van der Waals surface area contributed by atoms with Crippen LogP contribution in [0.1, 0.15) is 11.1 Å².